The molecule has 1 rings (SSSR count). The Bertz CT molecular complexity index is 449. The van der Waals surface area contributed by atoms with E-state index in [1.165, 1.54) is 6.92 Å². The maximum atomic E-state index is 11.7. The van der Waals surface area contributed by atoms with Gasteiger partial charge in [0, 0.05) is 0 Å². The van der Waals surface area contributed by atoms with Gasteiger partial charge in [0.25, 0.3) is 0 Å². The van der Waals surface area contributed by atoms with Gasteiger partial charge in [-0.05, 0) is 6.92 Å². The van der Waals surface area contributed by atoms with Crippen molar-refractivity contribution in [2.75, 3.05) is 13.3 Å². The first-order chi connectivity index (χ1) is 8.38. The molecule has 1 aromatic heterocycles. The van der Waals surface area contributed by atoms with Crippen LogP contribution in [0.3, 0.4) is 0 Å². The number of aliphatic imine (C=N–C) groups is 1. The van der Waals surface area contributed by atoms with Gasteiger partial charge in [-0.15, -0.1) is 0 Å². The first-order valence-electron chi connectivity index (χ1n) is 4.84. The van der Waals surface area contributed by atoms with Crippen LogP contribution in [0.5, 0.6) is 0 Å². The van der Waals surface area contributed by atoms with Crippen molar-refractivity contribution in [3.05, 3.63) is 22.1 Å². The quantitative estimate of drug-likeness (QED) is 0.363. The van der Waals surface area contributed by atoms with Crippen molar-refractivity contribution in [1.82, 2.24) is 5.32 Å². The van der Waals surface area contributed by atoms with Crippen molar-refractivity contribution < 1.29 is 26.7 Å². The van der Waals surface area contributed by atoms with Crippen LogP contribution in [0.1, 0.15) is 11.5 Å². The Morgan fingerprint density at radius 1 is 1.44 bits per heavy atom. The molecule has 0 saturated carbocycles. The van der Waals surface area contributed by atoms with Gasteiger partial charge in [-0.25, -0.2) is 4.79 Å². The maximum absolute atomic E-state index is 11.7. The summed E-state index contributed by atoms with van der Waals surface area (Å²) in [6, 6.07) is 0. The van der Waals surface area contributed by atoms with Crippen LogP contribution in [0.2, 0.25) is 0 Å². The van der Waals surface area contributed by atoms with E-state index in [1.54, 1.807) is 0 Å². The Labute approximate surface area is 99.4 Å². The van der Waals surface area contributed by atoms with Crippen molar-refractivity contribution in [3.63, 3.8) is 0 Å². The average Bonchev–Trinajstić information content (AvgIpc) is 2.54. The summed E-state index contributed by atoms with van der Waals surface area (Å²) in [5.74, 6) is -0.251. The lowest BCUT2D eigenvalue weighted by Gasteiger charge is -2.06. The third-order valence-corrected chi connectivity index (χ3v) is 1.70. The van der Waals surface area contributed by atoms with Crippen LogP contribution in [-0.2, 0) is 11.3 Å². The Morgan fingerprint density at radius 2 is 2.17 bits per heavy atom. The lowest BCUT2D eigenvalue weighted by Crippen LogP contribution is -2.23. The normalized spacial score (nSPS) is 12.2. The van der Waals surface area contributed by atoms with Gasteiger partial charge in [0.15, 0.2) is 5.76 Å². The molecule has 0 aliphatic heterocycles. The topological polar surface area (TPSA) is 77.0 Å². The molecule has 0 spiro atoms. The number of ether oxygens (including phenoxy) is 1. The van der Waals surface area contributed by atoms with E-state index in [1.807, 2.05) is 0 Å². The van der Waals surface area contributed by atoms with E-state index >= 15 is 0 Å². The molecule has 1 N–H and O–H groups in total. The zero-order chi connectivity index (χ0) is 13.6. The van der Waals surface area contributed by atoms with Crippen molar-refractivity contribution in [1.29, 1.82) is 0 Å². The fraction of sp³-hybridized carbons (Fsp3) is 0.556. The molecule has 0 aliphatic carbocycles. The van der Waals surface area contributed by atoms with E-state index in [4.69, 9.17) is 0 Å². The number of hydrogen-bond donors (Lipinski definition) is 1. The maximum Gasteiger partial charge on any atom is 0.519 e. The fourth-order valence-electron chi connectivity index (χ4n) is 0.975. The SMILES string of the molecule is Cc1oc(=O)oc1CN=CNCOCC(F)(F)F. The van der Waals surface area contributed by atoms with Crippen LogP contribution in [0.25, 0.3) is 0 Å². The molecule has 0 saturated heterocycles. The van der Waals surface area contributed by atoms with Gasteiger partial charge in [-0.2, -0.15) is 13.2 Å². The number of alkyl halides is 3. The monoisotopic (exact) mass is 268 g/mol. The van der Waals surface area contributed by atoms with Gasteiger partial charge < -0.3 is 18.9 Å². The van der Waals surface area contributed by atoms with E-state index < -0.39 is 18.6 Å². The molecule has 0 aliphatic rings. The largest absolute Gasteiger partial charge is 0.519 e. The molecule has 0 atom stereocenters. The van der Waals surface area contributed by atoms with Crippen molar-refractivity contribution >= 4 is 6.34 Å². The highest BCUT2D eigenvalue weighted by Gasteiger charge is 2.27. The molecule has 0 radical (unpaired) electrons. The van der Waals surface area contributed by atoms with Crippen LogP contribution in [0.15, 0.2) is 18.6 Å². The molecular weight excluding hydrogens is 257 g/mol. The van der Waals surface area contributed by atoms with Gasteiger partial charge in [0.05, 0.1) is 6.34 Å². The molecule has 0 fully saturated rings. The minimum absolute atomic E-state index is 0.0455. The van der Waals surface area contributed by atoms with E-state index in [0.717, 1.165) is 6.34 Å². The van der Waals surface area contributed by atoms with Gasteiger partial charge in [-0.3, -0.25) is 4.99 Å². The summed E-state index contributed by atoms with van der Waals surface area (Å²) in [5, 5.41) is 2.39. The highest BCUT2D eigenvalue weighted by molar-refractivity contribution is 5.53. The zero-order valence-electron chi connectivity index (χ0n) is 9.41. The van der Waals surface area contributed by atoms with E-state index in [2.05, 4.69) is 23.9 Å². The standard InChI is InChI=1S/C9H11F3N2O4/c1-6-7(18-8(15)17-6)2-13-4-14-5-16-3-9(10,11)12/h4H,2-3,5H2,1H3,(H,13,14). The summed E-state index contributed by atoms with van der Waals surface area (Å²) in [7, 11) is 0. The van der Waals surface area contributed by atoms with Gasteiger partial charge >= 0.3 is 12.0 Å². The molecule has 18 heavy (non-hydrogen) atoms. The first kappa shape index (κ1) is 14.3. The van der Waals surface area contributed by atoms with Crippen LogP contribution in [0, 0.1) is 6.92 Å². The second-order valence-electron chi connectivity index (χ2n) is 3.22. The van der Waals surface area contributed by atoms with Crippen LogP contribution >= 0.6 is 0 Å². The molecule has 0 unspecified atom stereocenters. The van der Waals surface area contributed by atoms with E-state index in [-0.39, 0.29) is 19.0 Å². The molecule has 0 bridgehead atoms. The summed E-state index contributed by atoms with van der Waals surface area (Å²) in [4.78, 5) is 14.4. The molecule has 1 heterocycles. The number of hydrogen-bond acceptors (Lipinski definition) is 5. The van der Waals surface area contributed by atoms with Crippen LogP contribution in [-0.4, -0.2) is 25.9 Å². The summed E-state index contributed by atoms with van der Waals surface area (Å²) in [6.07, 6.45) is -3.20. The first-order valence-corrected chi connectivity index (χ1v) is 4.84. The van der Waals surface area contributed by atoms with Crippen LogP contribution < -0.4 is 11.1 Å². The summed E-state index contributed by atoms with van der Waals surface area (Å²) < 4.78 is 48.5. The fourth-order valence-corrected chi connectivity index (χ4v) is 0.975. The minimum Gasteiger partial charge on any atom is -0.396 e. The average molecular weight is 268 g/mol. The van der Waals surface area contributed by atoms with Gasteiger partial charge in [0.1, 0.15) is 25.6 Å². The smallest absolute Gasteiger partial charge is 0.396 e. The third kappa shape index (κ3) is 5.53. The molecule has 0 amide bonds. The summed E-state index contributed by atoms with van der Waals surface area (Å²) in [6.45, 7) is -0.0691. The molecular formula is C9H11F3N2O4. The van der Waals surface area contributed by atoms with Gasteiger partial charge in [-0.1, -0.05) is 0 Å². The summed E-state index contributed by atoms with van der Waals surface area (Å²) in [5.41, 5.74) is 0. The van der Waals surface area contributed by atoms with Crippen LogP contribution in [0.4, 0.5) is 13.2 Å². The Kier molecular flexibility index (Phi) is 4.95. The van der Waals surface area contributed by atoms with Crippen molar-refractivity contribution in [3.8, 4) is 0 Å². The van der Waals surface area contributed by atoms with E-state index in [0.29, 0.717) is 5.76 Å². The van der Waals surface area contributed by atoms with Crippen molar-refractivity contribution in [2.24, 2.45) is 4.99 Å². The second kappa shape index (κ2) is 6.24. The second-order valence-corrected chi connectivity index (χ2v) is 3.22. The van der Waals surface area contributed by atoms with Crippen molar-refractivity contribution in [2.45, 2.75) is 19.6 Å². The molecule has 102 valence electrons. The molecule has 0 aromatic carbocycles. The van der Waals surface area contributed by atoms with Gasteiger partial charge in [0.2, 0.25) is 0 Å². The number of nitrogens with zero attached hydrogens (tertiary/aromatic N) is 1. The minimum atomic E-state index is -4.35. The highest BCUT2D eigenvalue weighted by Crippen LogP contribution is 2.13. The Hall–Kier alpha value is -1.77. The number of halogens is 3. The Morgan fingerprint density at radius 3 is 2.72 bits per heavy atom. The summed E-state index contributed by atoms with van der Waals surface area (Å²) >= 11 is 0. The lowest BCUT2D eigenvalue weighted by atomic mass is 10.4. The predicted octanol–water partition coefficient (Wildman–Crippen LogP) is 1.20. The zero-order valence-corrected chi connectivity index (χ0v) is 9.41. The van der Waals surface area contributed by atoms with E-state index in [9.17, 15) is 18.0 Å². The number of rotatable bonds is 6. The Balaban J connectivity index is 2.18. The predicted molar refractivity (Wildman–Crippen MR) is 54.2 cm³/mol. The third-order valence-electron chi connectivity index (χ3n) is 1.70. The molecule has 6 nitrogen and oxygen atoms in total. The lowest BCUT2D eigenvalue weighted by molar-refractivity contribution is -0.174. The highest BCUT2D eigenvalue weighted by atomic mass is 19.4. The molecule has 9 heteroatoms. The molecule has 1 aromatic rings. The number of nitrogens with one attached hydrogen (secondary N) is 1. The number of aryl methyl sites for hydroxylation is 1.